The van der Waals surface area contributed by atoms with Crippen LogP contribution in [0.15, 0.2) is 41.4 Å². The number of hydrogen-bond acceptors (Lipinski definition) is 7. The predicted octanol–water partition coefficient (Wildman–Crippen LogP) is 7.38. The Bertz CT molecular complexity index is 1980. The third-order valence-corrected chi connectivity index (χ3v) is 10.0. The summed E-state index contributed by atoms with van der Waals surface area (Å²) < 4.78 is 16.0. The van der Waals surface area contributed by atoms with Gasteiger partial charge in [-0.1, -0.05) is 66.8 Å². The van der Waals surface area contributed by atoms with Crippen LogP contribution in [0.2, 0.25) is 20.1 Å². The Morgan fingerprint density at radius 2 is 1.83 bits per heavy atom. The fraction of sp³-hybridized carbons (Fsp3) is 0.333. The van der Waals surface area contributed by atoms with Crippen molar-refractivity contribution in [3.63, 3.8) is 0 Å². The van der Waals surface area contributed by atoms with Crippen molar-refractivity contribution in [2.45, 2.75) is 52.7 Å². The summed E-state index contributed by atoms with van der Waals surface area (Å²) in [6, 6.07) is 2.68. The first-order valence-corrected chi connectivity index (χ1v) is 16.2. The van der Waals surface area contributed by atoms with Gasteiger partial charge in [0.1, 0.15) is 28.1 Å². The van der Waals surface area contributed by atoms with Crippen LogP contribution in [-0.2, 0) is 4.79 Å². The van der Waals surface area contributed by atoms with Crippen molar-refractivity contribution < 1.29 is 14.3 Å². The molecule has 2 aliphatic heterocycles. The standard InChI is InChI=1S/C33H31Cl4FN6O3/c1-7-21(45)43-16(5)12-42(13-17(43)6)30-18-10-20(34)28(22-23(35)24(36)26(38)25(37)31(22)46)41-32(18)44(33(47)19(30)11-39)29-15(4)8-9-40-27(29)14(2)3/h7-10,14,16-17,27,40,46H,1,12-13H2,2-6H3/t16-,17+,27?. The number of halogens is 5. The second kappa shape index (κ2) is 13.0. The zero-order valence-electron chi connectivity index (χ0n) is 26.1. The Balaban J connectivity index is 1.92. The summed E-state index contributed by atoms with van der Waals surface area (Å²) in [7, 11) is 0. The number of carbonyl (C=O) groups excluding carboxylic acids is 1. The summed E-state index contributed by atoms with van der Waals surface area (Å²) in [4.78, 5) is 35.7. The van der Waals surface area contributed by atoms with E-state index in [4.69, 9.17) is 51.4 Å². The van der Waals surface area contributed by atoms with Crippen molar-refractivity contribution in [1.29, 1.82) is 5.26 Å². The average molecular weight is 720 g/mol. The molecule has 1 unspecified atom stereocenters. The van der Waals surface area contributed by atoms with Crippen molar-refractivity contribution in [2.75, 3.05) is 18.0 Å². The average Bonchev–Trinajstić information content (AvgIpc) is 3.02. The molecular formula is C33H31Cl4FN6O3. The molecule has 1 saturated heterocycles. The molecule has 3 atom stereocenters. The van der Waals surface area contributed by atoms with Crippen LogP contribution in [0.5, 0.6) is 5.75 Å². The molecule has 2 N–H and O–H groups in total. The topological polar surface area (TPSA) is 114 Å². The molecule has 9 nitrogen and oxygen atoms in total. The molecule has 246 valence electrons. The molecule has 1 fully saturated rings. The highest BCUT2D eigenvalue weighted by Gasteiger charge is 2.36. The van der Waals surface area contributed by atoms with Gasteiger partial charge < -0.3 is 20.2 Å². The van der Waals surface area contributed by atoms with Crippen LogP contribution in [0.25, 0.3) is 28.0 Å². The number of allylic oxidation sites excluding steroid dienone is 2. The van der Waals surface area contributed by atoms with E-state index in [1.807, 2.05) is 45.6 Å². The van der Waals surface area contributed by atoms with Gasteiger partial charge >= 0.3 is 0 Å². The van der Waals surface area contributed by atoms with E-state index in [-0.39, 0.29) is 75.6 Å². The van der Waals surface area contributed by atoms with E-state index in [2.05, 4.69) is 18.0 Å². The molecule has 1 aromatic carbocycles. The van der Waals surface area contributed by atoms with E-state index in [0.717, 1.165) is 5.57 Å². The Labute approximate surface area is 291 Å². The number of dihydropyridines is 1. The van der Waals surface area contributed by atoms with Crippen LogP contribution in [0.1, 0.15) is 40.2 Å². The highest BCUT2D eigenvalue weighted by molar-refractivity contribution is 6.46. The SMILES string of the molecule is C=CC(=O)N1[C@H](C)CN(c2c(C#N)c(=O)n(C3=C(C)C=CNC3C(C)C)c3nc(-c4c(O)c(Cl)c(F)c(Cl)c4Cl)c(Cl)cc23)C[C@@H]1C. The number of amides is 1. The minimum atomic E-state index is -1.12. The molecule has 0 radical (unpaired) electrons. The number of rotatable bonds is 5. The number of hydrogen-bond donors (Lipinski definition) is 2. The first kappa shape index (κ1) is 34.6. The van der Waals surface area contributed by atoms with Crippen molar-refractivity contribution in [3.8, 4) is 23.1 Å². The van der Waals surface area contributed by atoms with Crippen LogP contribution < -0.4 is 15.8 Å². The summed E-state index contributed by atoms with van der Waals surface area (Å²) in [5.41, 5.74) is 0.557. The predicted molar refractivity (Wildman–Crippen MR) is 186 cm³/mol. The molecule has 14 heteroatoms. The number of pyridine rings is 2. The third kappa shape index (κ3) is 5.63. The van der Waals surface area contributed by atoms with Gasteiger partial charge in [-0.25, -0.2) is 9.37 Å². The molecule has 2 aromatic heterocycles. The number of fused-ring (bicyclic) bond motifs is 1. The number of nitrogens with one attached hydrogen (secondary N) is 1. The second-order valence-corrected chi connectivity index (χ2v) is 13.5. The summed E-state index contributed by atoms with van der Waals surface area (Å²) in [5, 5.41) is 23.5. The molecular weight excluding hydrogens is 689 g/mol. The van der Waals surface area contributed by atoms with Gasteiger partial charge in [0.25, 0.3) is 5.56 Å². The number of phenols is 1. The van der Waals surface area contributed by atoms with Gasteiger partial charge in [0.15, 0.2) is 5.82 Å². The number of phenolic OH excluding ortho intramolecular Hbond substituents is 1. The van der Waals surface area contributed by atoms with Crippen LogP contribution >= 0.6 is 46.4 Å². The summed E-state index contributed by atoms with van der Waals surface area (Å²) >= 11 is 25.5. The lowest BCUT2D eigenvalue weighted by molar-refractivity contribution is -0.130. The quantitative estimate of drug-likeness (QED) is 0.161. The van der Waals surface area contributed by atoms with E-state index in [9.17, 15) is 24.3 Å². The molecule has 0 saturated carbocycles. The maximum absolute atomic E-state index is 14.6. The zero-order chi connectivity index (χ0) is 34.6. The summed E-state index contributed by atoms with van der Waals surface area (Å²) in [6.07, 6.45) is 4.86. The first-order valence-electron chi connectivity index (χ1n) is 14.7. The number of benzene rings is 1. The Hall–Kier alpha value is -3.75. The Morgan fingerprint density at radius 1 is 1.19 bits per heavy atom. The second-order valence-electron chi connectivity index (χ2n) is 12.0. The first-order chi connectivity index (χ1) is 22.2. The van der Waals surface area contributed by atoms with Crippen LogP contribution in [0.3, 0.4) is 0 Å². The lowest BCUT2D eigenvalue weighted by atomic mass is 9.94. The molecule has 0 aliphatic carbocycles. The summed E-state index contributed by atoms with van der Waals surface area (Å²) in [6.45, 7) is 13.7. The van der Waals surface area contributed by atoms with Gasteiger partial charge in [0.2, 0.25) is 5.91 Å². The molecule has 2 aliphatic rings. The molecule has 5 rings (SSSR count). The van der Waals surface area contributed by atoms with Gasteiger partial charge in [0.05, 0.1) is 43.8 Å². The monoisotopic (exact) mass is 718 g/mol. The molecule has 0 spiro atoms. The van der Waals surface area contributed by atoms with E-state index in [1.54, 1.807) is 11.1 Å². The number of aromatic hydroxyl groups is 1. The van der Waals surface area contributed by atoms with E-state index in [1.165, 1.54) is 16.7 Å². The van der Waals surface area contributed by atoms with Gasteiger partial charge in [-0.3, -0.25) is 14.2 Å². The van der Waals surface area contributed by atoms with Gasteiger partial charge in [0, 0.05) is 30.6 Å². The van der Waals surface area contributed by atoms with E-state index in [0.29, 0.717) is 16.8 Å². The minimum Gasteiger partial charge on any atom is -0.506 e. The fourth-order valence-corrected chi connectivity index (χ4v) is 7.42. The van der Waals surface area contributed by atoms with Crippen molar-refractivity contribution >= 4 is 74.7 Å². The number of piperazine rings is 1. The molecule has 1 amide bonds. The Morgan fingerprint density at radius 3 is 2.40 bits per heavy atom. The fourth-order valence-electron chi connectivity index (χ4n) is 6.49. The largest absolute Gasteiger partial charge is 0.506 e. The lowest BCUT2D eigenvalue weighted by Gasteiger charge is -2.45. The lowest BCUT2D eigenvalue weighted by Crippen LogP contribution is -2.58. The van der Waals surface area contributed by atoms with Gasteiger partial charge in [-0.2, -0.15) is 5.26 Å². The minimum absolute atomic E-state index is 0.00536. The van der Waals surface area contributed by atoms with Crippen LogP contribution in [-0.4, -0.2) is 56.7 Å². The van der Waals surface area contributed by atoms with E-state index >= 15 is 0 Å². The maximum Gasteiger partial charge on any atom is 0.276 e. The molecule has 0 bridgehead atoms. The van der Waals surface area contributed by atoms with Gasteiger partial charge in [-0.15, -0.1) is 0 Å². The summed E-state index contributed by atoms with van der Waals surface area (Å²) in [5.74, 6) is -2.09. The molecule has 3 aromatic rings. The molecule has 47 heavy (non-hydrogen) atoms. The highest BCUT2D eigenvalue weighted by Crippen LogP contribution is 2.49. The van der Waals surface area contributed by atoms with Crippen LogP contribution in [0, 0.1) is 23.1 Å². The smallest absolute Gasteiger partial charge is 0.276 e. The van der Waals surface area contributed by atoms with Crippen LogP contribution in [0.4, 0.5) is 10.1 Å². The number of nitriles is 1. The zero-order valence-corrected chi connectivity index (χ0v) is 29.2. The maximum atomic E-state index is 14.6. The Kier molecular flexibility index (Phi) is 9.59. The number of nitrogens with zero attached hydrogens (tertiary/aromatic N) is 5. The van der Waals surface area contributed by atoms with E-state index < -0.39 is 27.2 Å². The number of carbonyl (C=O) groups is 1. The third-order valence-electron chi connectivity index (χ3n) is 8.55. The normalized spacial score (nSPS) is 19.7. The van der Waals surface area contributed by atoms with Crippen molar-refractivity contribution in [1.82, 2.24) is 19.8 Å². The number of anilines is 1. The highest BCUT2D eigenvalue weighted by atomic mass is 35.5. The van der Waals surface area contributed by atoms with Crippen molar-refractivity contribution in [3.05, 3.63) is 78.4 Å². The van der Waals surface area contributed by atoms with Crippen molar-refractivity contribution in [2.24, 2.45) is 5.92 Å². The molecule has 4 heterocycles. The number of aromatic nitrogens is 2. The van der Waals surface area contributed by atoms with Gasteiger partial charge in [-0.05, 0) is 56.7 Å².